The standard InChI is InChI=1S/C16H21ClN2O2/c1-21-15-8-13-6-7-14(9-15)19(13)16(20)18-10-11-2-4-12(17)5-3-11/h2-5,13-15H,6-10H2,1H3,(H,18,20). The minimum atomic E-state index is 0.0482. The van der Waals surface area contributed by atoms with Crippen molar-refractivity contribution in [2.24, 2.45) is 0 Å². The second-order valence-corrected chi connectivity index (χ2v) is 6.34. The molecule has 0 spiro atoms. The van der Waals surface area contributed by atoms with E-state index >= 15 is 0 Å². The number of hydrogen-bond acceptors (Lipinski definition) is 2. The molecule has 1 aromatic rings. The molecule has 0 aromatic heterocycles. The van der Waals surface area contributed by atoms with Gasteiger partial charge in [0.25, 0.3) is 0 Å². The number of nitrogens with one attached hydrogen (secondary N) is 1. The summed E-state index contributed by atoms with van der Waals surface area (Å²) in [4.78, 5) is 14.5. The minimum Gasteiger partial charge on any atom is -0.381 e. The molecule has 2 aliphatic rings. The molecule has 2 saturated heterocycles. The lowest BCUT2D eigenvalue weighted by Crippen LogP contribution is -2.52. The van der Waals surface area contributed by atoms with E-state index in [0.29, 0.717) is 29.8 Å². The molecule has 2 amide bonds. The SMILES string of the molecule is COC1CC2CCC(C1)N2C(=O)NCc1ccc(Cl)cc1. The van der Waals surface area contributed by atoms with Gasteiger partial charge in [-0.1, -0.05) is 23.7 Å². The van der Waals surface area contributed by atoms with Crippen molar-refractivity contribution >= 4 is 17.6 Å². The number of fused-ring (bicyclic) bond motifs is 2. The number of benzene rings is 1. The summed E-state index contributed by atoms with van der Waals surface area (Å²) in [6.07, 6.45) is 4.42. The Morgan fingerprint density at radius 2 is 1.90 bits per heavy atom. The summed E-state index contributed by atoms with van der Waals surface area (Å²) in [6, 6.07) is 8.28. The summed E-state index contributed by atoms with van der Waals surface area (Å²) in [5.74, 6) is 0. The van der Waals surface area contributed by atoms with Gasteiger partial charge in [0, 0.05) is 30.8 Å². The van der Waals surface area contributed by atoms with Crippen LogP contribution in [0.5, 0.6) is 0 Å². The van der Waals surface area contributed by atoms with Crippen LogP contribution in [-0.4, -0.2) is 36.2 Å². The van der Waals surface area contributed by atoms with E-state index in [1.807, 2.05) is 29.2 Å². The molecular formula is C16H21ClN2O2. The zero-order valence-corrected chi connectivity index (χ0v) is 13.0. The number of ether oxygens (including phenoxy) is 1. The third-order valence-electron chi connectivity index (χ3n) is 4.61. The maximum atomic E-state index is 12.4. The topological polar surface area (TPSA) is 41.6 Å². The monoisotopic (exact) mass is 308 g/mol. The molecule has 114 valence electrons. The molecule has 2 fully saturated rings. The van der Waals surface area contributed by atoms with E-state index in [4.69, 9.17) is 16.3 Å². The lowest BCUT2D eigenvalue weighted by molar-refractivity contribution is 0.0208. The maximum Gasteiger partial charge on any atom is 0.318 e. The summed E-state index contributed by atoms with van der Waals surface area (Å²) in [5, 5.41) is 3.74. The lowest BCUT2D eigenvalue weighted by Gasteiger charge is -2.38. The summed E-state index contributed by atoms with van der Waals surface area (Å²) < 4.78 is 5.47. The summed E-state index contributed by atoms with van der Waals surface area (Å²) in [5.41, 5.74) is 1.06. The Labute approximate surface area is 130 Å². The Kier molecular flexibility index (Phi) is 4.36. The van der Waals surface area contributed by atoms with Crippen LogP contribution in [0.3, 0.4) is 0 Å². The first kappa shape index (κ1) is 14.7. The van der Waals surface area contributed by atoms with Crippen molar-refractivity contribution in [1.29, 1.82) is 0 Å². The first-order chi connectivity index (χ1) is 10.2. The molecule has 2 unspecified atom stereocenters. The number of urea groups is 1. The van der Waals surface area contributed by atoms with Crippen LogP contribution in [0.25, 0.3) is 0 Å². The predicted molar refractivity (Wildman–Crippen MR) is 82.4 cm³/mol. The molecule has 2 heterocycles. The van der Waals surface area contributed by atoms with E-state index < -0.39 is 0 Å². The number of carbonyl (C=O) groups excluding carboxylic acids is 1. The number of piperidine rings is 1. The van der Waals surface area contributed by atoms with E-state index in [0.717, 1.165) is 31.2 Å². The molecule has 2 aliphatic heterocycles. The highest BCUT2D eigenvalue weighted by atomic mass is 35.5. The molecule has 2 bridgehead atoms. The third-order valence-corrected chi connectivity index (χ3v) is 4.87. The van der Waals surface area contributed by atoms with Gasteiger partial charge in [-0.3, -0.25) is 0 Å². The average molecular weight is 309 g/mol. The zero-order valence-electron chi connectivity index (χ0n) is 12.2. The van der Waals surface area contributed by atoms with Gasteiger partial charge in [-0.05, 0) is 43.4 Å². The molecule has 21 heavy (non-hydrogen) atoms. The largest absolute Gasteiger partial charge is 0.381 e. The zero-order chi connectivity index (χ0) is 14.8. The van der Waals surface area contributed by atoms with Crippen LogP contribution >= 0.6 is 11.6 Å². The lowest BCUT2D eigenvalue weighted by atomic mass is 10.0. The van der Waals surface area contributed by atoms with E-state index in [2.05, 4.69) is 5.32 Å². The Morgan fingerprint density at radius 1 is 1.29 bits per heavy atom. The van der Waals surface area contributed by atoms with Crippen LogP contribution in [-0.2, 0) is 11.3 Å². The van der Waals surface area contributed by atoms with Gasteiger partial charge in [-0.2, -0.15) is 0 Å². The fraction of sp³-hybridized carbons (Fsp3) is 0.562. The quantitative estimate of drug-likeness (QED) is 0.931. The molecule has 4 nitrogen and oxygen atoms in total. The second-order valence-electron chi connectivity index (χ2n) is 5.91. The van der Waals surface area contributed by atoms with Crippen molar-refractivity contribution in [3.05, 3.63) is 34.9 Å². The van der Waals surface area contributed by atoms with Crippen LogP contribution < -0.4 is 5.32 Å². The molecule has 1 aromatic carbocycles. The number of rotatable bonds is 3. The van der Waals surface area contributed by atoms with Gasteiger partial charge in [0.1, 0.15) is 0 Å². The fourth-order valence-electron chi connectivity index (χ4n) is 3.52. The average Bonchev–Trinajstić information content (AvgIpc) is 2.77. The molecule has 3 rings (SSSR count). The summed E-state index contributed by atoms with van der Waals surface area (Å²) >= 11 is 5.86. The maximum absolute atomic E-state index is 12.4. The molecule has 0 radical (unpaired) electrons. The van der Waals surface area contributed by atoms with E-state index in [1.165, 1.54) is 0 Å². The van der Waals surface area contributed by atoms with E-state index in [9.17, 15) is 4.79 Å². The highest BCUT2D eigenvalue weighted by molar-refractivity contribution is 6.30. The van der Waals surface area contributed by atoms with E-state index in [1.54, 1.807) is 7.11 Å². The van der Waals surface area contributed by atoms with Crippen molar-refractivity contribution in [2.45, 2.75) is 50.4 Å². The van der Waals surface area contributed by atoms with Crippen molar-refractivity contribution in [3.8, 4) is 0 Å². The minimum absolute atomic E-state index is 0.0482. The highest BCUT2D eigenvalue weighted by Crippen LogP contribution is 2.36. The van der Waals surface area contributed by atoms with Gasteiger partial charge < -0.3 is 15.0 Å². The number of halogens is 1. The van der Waals surface area contributed by atoms with Crippen molar-refractivity contribution in [2.75, 3.05) is 7.11 Å². The first-order valence-corrected chi connectivity index (χ1v) is 7.88. The Morgan fingerprint density at radius 3 is 2.48 bits per heavy atom. The number of hydrogen-bond donors (Lipinski definition) is 1. The molecule has 5 heteroatoms. The van der Waals surface area contributed by atoms with Crippen molar-refractivity contribution in [3.63, 3.8) is 0 Å². The molecular weight excluding hydrogens is 288 g/mol. The third kappa shape index (κ3) is 3.16. The first-order valence-electron chi connectivity index (χ1n) is 7.51. The van der Waals surface area contributed by atoms with Gasteiger partial charge in [0.2, 0.25) is 0 Å². The van der Waals surface area contributed by atoms with Crippen LogP contribution in [0.1, 0.15) is 31.2 Å². The normalized spacial score (nSPS) is 27.7. The van der Waals surface area contributed by atoms with Gasteiger partial charge in [-0.25, -0.2) is 4.79 Å². The molecule has 1 N–H and O–H groups in total. The number of amides is 2. The van der Waals surface area contributed by atoms with Crippen LogP contribution in [0.4, 0.5) is 4.79 Å². The van der Waals surface area contributed by atoms with Gasteiger partial charge >= 0.3 is 6.03 Å². The smallest absolute Gasteiger partial charge is 0.318 e. The van der Waals surface area contributed by atoms with Crippen LogP contribution in [0.2, 0.25) is 5.02 Å². The fourth-order valence-corrected chi connectivity index (χ4v) is 3.65. The van der Waals surface area contributed by atoms with Crippen LogP contribution in [0.15, 0.2) is 24.3 Å². The molecule has 0 saturated carbocycles. The van der Waals surface area contributed by atoms with Gasteiger partial charge in [-0.15, -0.1) is 0 Å². The predicted octanol–water partition coefficient (Wildman–Crippen LogP) is 3.19. The molecule has 0 aliphatic carbocycles. The Bertz CT molecular complexity index is 492. The number of nitrogens with zero attached hydrogens (tertiary/aromatic N) is 1. The number of methoxy groups -OCH3 is 1. The Hall–Kier alpha value is -1.26. The summed E-state index contributed by atoms with van der Waals surface area (Å²) in [6.45, 7) is 0.541. The van der Waals surface area contributed by atoms with Crippen molar-refractivity contribution in [1.82, 2.24) is 10.2 Å². The van der Waals surface area contributed by atoms with E-state index in [-0.39, 0.29) is 6.03 Å². The van der Waals surface area contributed by atoms with Crippen molar-refractivity contribution < 1.29 is 9.53 Å². The van der Waals surface area contributed by atoms with Gasteiger partial charge in [0.15, 0.2) is 0 Å². The van der Waals surface area contributed by atoms with Crippen LogP contribution in [0, 0.1) is 0 Å². The molecule has 2 atom stereocenters. The van der Waals surface area contributed by atoms with Gasteiger partial charge in [0.05, 0.1) is 6.10 Å². The second kappa shape index (κ2) is 6.24. The highest BCUT2D eigenvalue weighted by Gasteiger charge is 2.43. The summed E-state index contributed by atoms with van der Waals surface area (Å²) in [7, 11) is 1.76. The number of carbonyl (C=O) groups is 1. The Balaban J connectivity index is 1.57.